The summed E-state index contributed by atoms with van der Waals surface area (Å²) in [6.07, 6.45) is 2.99. The molecule has 0 N–H and O–H groups in total. The molecule has 0 aliphatic carbocycles. The third-order valence-electron chi connectivity index (χ3n) is 2.74. The Kier molecular flexibility index (Phi) is 3.86. The Morgan fingerprint density at radius 2 is 2.30 bits per heavy atom. The zero-order chi connectivity index (χ0) is 14.9. The van der Waals surface area contributed by atoms with E-state index < -0.39 is 17.7 Å². The van der Waals surface area contributed by atoms with Crippen LogP contribution in [0.2, 0.25) is 0 Å². The zero-order valence-corrected chi connectivity index (χ0v) is 12.7. The van der Waals surface area contributed by atoms with E-state index in [9.17, 15) is 10.1 Å². The van der Waals surface area contributed by atoms with Crippen molar-refractivity contribution in [2.24, 2.45) is 0 Å². The van der Waals surface area contributed by atoms with Gasteiger partial charge in [0, 0.05) is 11.8 Å². The average molecular weight is 292 g/mol. The molecule has 0 fully saturated rings. The van der Waals surface area contributed by atoms with Gasteiger partial charge in [0.25, 0.3) is 0 Å². The summed E-state index contributed by atoms with van der Waals surface area (Å²) in [6, 6.07) is 1.43. The fourth-order valence-electron chi connectivity index (χ4n) is 1.91. The van der Waals surface area contributed by atoms with Crippen molar-refractivity contribution < 1.29 is 9.53 Å². The zero-order valence-electron chi connectivity index (χ0n) is 11.9. The van der Waals surface area contributed by atoms with Crippen LogP contribution in [0.3, 0.4) is 0 Å². The Bertz CT molecular complexity index is 577. The second-order valence-corrected chi connectivity index (χ2v) is 6.17. The molecule has 0 spiro atoms. The van der Waals surface area contributed by atoms with Crippen LogP contribution < -0.4 is 0 Å². The predicted molar refractivity (Wildman–Crippen MR) is 73.9 cm³/mol. The molecular formula is C13H16N4O2S. The molecule has 1 amide bonds. The normalized spacial score (nSPS) is 17.6. The smallest absolute Gasteiger partial charge is 0.412 e. The number of aromatic nitrogens is 2. The molecule has 1 aliphatic heterocycles. The highest BCUT2D eigenvalue weighted by Gasteiger charge is 2.37. The minimum absolute atomic E-state index is 0.276. The maximum absolute atomic E-state index is 12.2. The van der Waals surface area contributed by atoms with Crippen LogP contribution in [0.1, 0.15) is 38.1 Å². The lowest BCUT2D eigenvalue weighted by molar-refractivity contribution is 0.0212. The summed E-state index contributed by atoms with van der Waals surface area (Å²) in [6.45, 7) is 5.65. The topological polar surface area (TPSA) is 79.1 Å². The van der Waals surface area contributed by atoms with Gasteiger partial charge in [-0.25, -0.2) is 14.8 Å². The van der Waals surface area contributed by atoms with Crippen LogP contribution in [-0.4, -0.2) is 32.8 Å². The molecule has 2 rings (SSSR count). The van der Waals surface area contributed by atoms with E-state index in [-0.39, 0.29) is 6.54 Å². The predicted octanol–water partition coefficient (Wildman–Crippen LogP) is 2.51. The van der Waals surface area contributed by atoms with Gasteiger partial charge in [0.15, 0.2) is 11.2 Å². The molecule has 2 heterocycles. The van der Waals surface area contributed by atoms with Gasteiger partial charge < -0.3 is 4.74 Å². The molecule has 0 aromatic carbocycles. The van der Waals surface area contributed by atoms with Gasteiger partial charge in [0.1, 0.15) is 5.60 Å². The Hall–Kier alpha value is -1.81. The first-order chi connectivity index (χ1) is 9.35. The number of amides is 1. The highest BCUT2D eigenvalue weighted by atomic mass is 32.2. The van der Waals surface area contributed by atoms with Crippen LogP contribution in [0, 0.1) is 11.3 Å². The van der Waals surface area contributed by atoms with Crippen molar-refractivity contribution in [1.29, 1.82) is 5.26 Å². The Morgan fingerprint density at radius 1 is 1.60 bits per heavy atom. The van der Waals surface area contributed by atoms with Crippen LogP contribution in [0.25, 0.3) is 0 Å². The second kappa shape index (κ2) is 5.29. The standard InChI is InChI=1S/C13H16N4O2S/c1-13(2,3)19-12(18)17-7-9-8(10(17)5-14)6-15-11(16-9)20-4/h6,10H,7H2,1-4H3. The van der Waals surface area contributed by atoms with Crippen molar-refractivity contribution in [3.63, 3.8) is 0 Å². The van der Waals surface area contributed by atoms with Crippen molar-refractivity contribution in [3.05, 3.63) is 17.5 Å². The van der Waals surface area contributed by atoms with E-state index in [1.54, 1.807) is 27.0 Å². The van der Waals surface area contributed by atoms with Gasteiger partial charge in [-0.15, -0.1) is 0 Å². The first-order valence-electron chi connectivity index (χ1n) is 6.14. The first-order valence-corrected chi connectivity index (χ1v) is 7.37. The third-order valence-corrected chi connectivity index (χ3v) is 3.30. The molecule has 1 unspecified atom stereocenters. The molecule has 1 atom stereocenters. The molecule has 0 bridgehead atoms. The number of rotatable bonds is 1. The summed E-state index contributed by atoms with van der Waals surface area (Å²) in [5.41, 5.74) is 0.792. The molecule has 1 aliphatic rings. The molecule has 20 heavy (non-hydrogen) atoms. The van der Waals surface area contributed by atoms with Gasteiger partial charge in [-0.2, -0.15) is 5.26 Å². The average Bonchev–Trinajstić information content (AvgIpc) is 2.74. The first kappa shape index (κ1) is 14.6. The lowest BCUT2D eigenvalue weighted by Crippen LogP contribution is -2.35. The summed E-state index contributed by atoms with van der Waals surface area (Å²) in [4.78, 5) is 22.0. The van der Waals surface area contributed by atoms with Crippen molar-refractivity contribution >= 4 is 17.9 Å². The number of fused-ring (bicyclic) bond motifs is 1. The molecule has 106 valence electrons. The van der Waals surface area contributed by atoms with E-state index in [1.165, 1.54) is 16.7 Å². The van der Waals surface area contributed by atoms with E-state index in [1.807, 2.05) is 6.26 Å². The van der Waals surface area contributed by atoms with Gasteiger partial charge in [0.05, 0.1) is 18.3 Å². The monoisotopic (exact) mass is 292 g/mol. The van der Waals surface area contributed by atoms with Crippen LogP contribution in [0.4, 0.5) is 4.79 Å². The highest BCUT2D eigenvalue weighted by Crippen LogP contribution is 2.33. The number of thioether (sulfide) groups is 1. The quantitative estimate of drug-likeness (QED) is 0.584. The van der Waals surface area contributed by atoms with Crippen LogP contribution >= 0.6 is 11.8 Å². The maximum atomic E-state index is 12.2. The molecule has 1 aromatic rings. The van der Waals surface area contributed by atoms with Crippen molar-refractivity contribution in [2.45, 2.75) is 44.1 Å². The molecule has 0 saturated carbocycles. The van der Waals surface area contributed by atoms with Gasteiger partial charge >= 0.3 is 6.09 Å². The van der Waals surface area contributed by atoms with Gasteiger partial charge in [-0.1, -0.05) is 11.8 Å². The SMILES string of the molecule is CSc1ncc2c(n1)CN(C(=O)OC(C)(C)C)C2C#N. The number of carbonyl (C=O) groups is 1. The highest BCUT2D eigenvalue weighted by molar-refractivity contribution is 7.98. The Labute approximate surface area is 122 Å². The van der Waals surface area contributed by atoms with Crippen LogP contribution in [0.5, 0.6) is 0 Å². The van der Waals surface area contributed by atoms with Crippen molar-refractivity contribution in [2.75, 3.05) is 6.26 Å². The summed E-state index contributed by atoms with van der Waals surface area (Å²) in [5, 5.41) is 9.93. The Morgan fingerprint density at radius 3 is 2.85 bits per heavy atom. The molecule has 6 nitrogen and oxygen atoms in total. The largest absolute Gasteiger partial charge is 0.444 e. The van der Waals surface area contributed by atoms with Gasteiger partial charge in [-0.05, 0) is 27.0 Å². The lowest BCUT2D eigenvalue weighted by atomic mass is 10.1. The minimum Gasteiger partial charge on any atom is -0.444 e. The fraction of sp³-hybridized carbons (Fsp3) is 0.538. The minimum atomic E-state index is -0.684. The Balaban J connectivity index is 2.27. The van der Waals surface area contributed by atoms with E-state index in [0.29, 0.717) is 16.4 Å². The van der Waals surface area contributed by atoms with Gasteiger partial charge in [-0.3, -0.25) is 4.90 Å². The van der Waals surface area contributed by atoms with Crippen LogP contribution in [0.15, 0.2) is 11.4 Å². The number of nitriles is 1. The summed E-state index contributed by atoms with van der Waals surface area (Å²) >= 11 is 1.42. The molecule has 0 saturated heterocycles. The third kappa shape index (κ3) is 2.85. The van der Waals surface area contributed by atoms with Crippen molar-refractivity contribution in [3.8, 4) is 6.07 Å². The number of ether oxygens (including phenoxy) is 1. The van der Waals surface area contributed by atoms with Gasteiger partial charge in [0.2, 0.25) is 0 Å². The van der Waals surface area contributed by atoms with E-state index in [2.05, 4.69) is 16.0 Å². The lowest BCUT2D eigenvalue weighted by Gasteiger charge is -2.25. The molecule has 1 aromatic heterocycles. The maximum Gasteiger partial charge on any atom is 0.412 e. The number of carbonyl (C=O) groups excluding carboxylic acids is 1. The fourth-order valence-corrected chi connectivity index (χ4v) is 2.27. The summed E-state index contributed by atoms with van der Waals surface area (Å²) in [7, 11) is 0. The summed E-state index contributed by atoms with van der Waals surface area (Å²) in [5.74, 6) is 0. The number of hydrogen-bond acceptors (Lipinski definition) is 6. The molecule has 0 radical (unpaired) electrons. The van der Waals surface area contributed by atoms with E-state index in [0.717, 1.165) is 0 Å². The van der Waals surface area contributed by atoms with E-state index >= 15 is 0 Å². The number of nitrogens with zero attached hydrogens (tertiary/aromatic N) is 4. The number of hydrogen-bond donors (Lipinski definition) is 0. The molecule has 7 heteroatoms. The molecular weight excluding hydrogens is 276 g/mol. The van der Waals surface area contributed by atoms with Crippen LogP contribution in [-0.2, 0) is 11.3 Å². The second-order valence-electron chi connectivity index (χ2n) is 5.40. The van der Waals surface area contributed by atoms with E-state index in [4.69, 9.17) is 4.74 Å². The summed E-state index contributed by atoms with van der Waals surface area (Å²) < 4.78 is 5.32. The van der Waals surface area contributed by atoms with Crippen molar-refractivity contribution in [1.82, 2.24) is 14.9 Å².